The normalized spacial score (nSPS) is 13.5. The molecule has 0 unspecified atom stereocenters. The van der Waals surface area contributed by atoms with Crippen molar-refractivity contribution in [1.82, 2.24) is 15.0 Å². The van der Waals surface area contributed by atoms with Gasteiger partial charge in [-0.05, 0) is 41.7 Å². The standard InChI is InChI=1S/C21H17F3N4O2S/c1-29-17-6-3-13(4-7-17)15-9-14-10-26-20(31-2)27-19(14)28(12-15)16-5-8-18(25-11-16)30-21(22,23)24/h3-11H,12H2,1-2H3. The van der Waals surface area contributed by atoms with Crippen molar-refractivity contribution < 1.29 is 22.6 Å². The first-order chi connectivity index (χ1) is 14.9. The molecular weight excluding hydrogens is 429 g/mol. The Kier molecular flexibility index (Phi) is 5.73. The largest absolute Gasteiger partial charge is 0.574 e. The maximum Gasteiger partial charge on any atom is 0.574 e. The zero-order valence-electron chi connectivity index (χ0n) is 16.6. The van der Waals surface area contributed by atoms with Gasteiger partial charge in [0.2, 0.25) is 5.88 Å². The number of halogens is 3. The van der Waals surface area contributed by atoms with Gasteiger partial charge in [0.05, 0.1) is 25.5 Å². The van der Waals surface area contributed by atoms with Crippen LogP contribution in [0.5, 0.6) is 11.6 Å². The summed E-state index contributed by atoms with van der Waals surface area (Å²) in [7, 11) is 1.60. The van der Waals surface area contributed by atoms with Gasteiger partial charge in [0.15, 0.2) is 5.16 Å². The van der Waals surface area contributed by atoms with Crippen molar-refractivity contribution in [2.75, 3.05) is 24.8 Å². The molecule has 0 fully saturated rings. The molecule has 0 spiro atoms. The Bertz CT molecular complexity index is 1100. The van der Waals surface area contributed by atoms with E-state index in [0.29, 0.717) is 23.2 Å². The molecule has 10 heteroatoms. The van der Waals surface area contributed by atoms with Crippen molar-refractivity contribution in [2.24, 2.45) is 0 Å². The van der Waals surface area contributed by atoms with Crippen LogP contribution in [-0.4, -0.2) is 41.2 Å². The van der Waals surface area contributed by atoms with E-state index in [9.17, 15) is 13.2 Å². The molecule has 1 aliphatic rings. The number of fused-ring (bicyclic) bond motifs is 1. The first kappa shape index (κ1) is 21.0. The van der Waals surface area contributed by atoms with E-state index in [1.165, 1.54) is 30.1 Å². The number of pyridine rings is 1. The highest BCUT2D eigenvalue weighted by Crippen LogP contribution is 2.37. The maximum absolute atomic E-state index is 12.5. The molecule has 31 heavy (non-hydrogen) atoms. The van der Waals surface area contributed by atoms with Gasteiger partial charge in [-0.15, -0.1) is 13.2 Å². The molecule has 1 aromatic carbocycles. The molecule has 1 aliphatic heterocycles. The fourth-order valence-electron chi connectivity index (χ4n) is 3.17. The number of hydrogen-bond donors (Lipinski definition) is 0. The Hall–Kier alpha value is -3.27. The predicted octanol–water partition coefficient (Wildman–Crippen LogP) is 5.19. The molecule has 0 radical (unpaired) electrons. The van der Waals surface area contributed by atoms with Crippen LogP contribution in [0.2, 0.25) is 0 Å². The van der Waals surface area contributed by atoms with Gasteiger partial charge >= 0.3 is 6.36 Å². The number of methoxy groups -OCH3 is 1. The Morgan fingerprint density at radius 3 is 2.42 bits per heavy atom. The zero-order chi connectivity index (χ0) is 22.0. The van der Waals surface area contributed by atoms with Gasteiger partial charge in [0, 0.05) is 17.8 Å². The summed E-state index contributed by atoms with van der Waals surface area (Å²) >= 11 is 1.40. The van der Waals surface area contributed by atoms with E-state index in [1.807, 2.05) is 41.5 Å². The molecule has 3 heterocycles. The molecule has 4 rings (SSSR count). The van der Waals surface area contributed by atoms with Crippen LogP contribution >= 0.6 is 11.8 Å². The number of aromatic nitrogens is 3. The van der Waals surface area contributed by atoms with Crippen LogP contribution in [0.4, 0.5) is 24.7 Å². The minimum Gasteiger partial charge on any atom is -0.497 e. The second-order valence-electron chi connectivity index (χ2n) is 6.52. The van der Waals surface area contributed by atoms with Crippen molar-refractivity contribution in [2.45, 2.75) is 11.5 Å². The average molecular weight is 446 g/mol. The summed E-state index contributed by atoms with van der Waals surface area (Å²) in [4.78, 5) is 14.6. The van der Waals surface area contributed by atoms with Gasteiger partial charge in [0.25, 0.3) is 0 Å². The van der Waals surface area contributed by atoms with E-state index in [-0.39, 0.29) is 0 Å². The highest BCUT2D eigenvalue weighted by atomic mass is 32.2. The SMILES string of the molecule is COc1ccc(C2=Cc3cnc(SC)nc3N(c3ccc(OC(F)(F)F)nc3)C2)cc1. The van der Waals surface area contributed by atoms with Crippen molar-refractivity contribution >= 4 is 34.9 Å². The molecule has 0 aliphatic carbocycles. The molecule has 0 atom stereocenters. The average Bonchev–Trinajstić information content (AvgIpc) is 2.77. The molecule has 0 saturated heterocycles. The predicted molar refractivity (Wildman–Crippen MR) is 113 cm³/mol. The Balaban J connectivity index is 1.72. The summed E-state index contributed by atoms with van der Waals surface area (Å²) in [5, 5.41) is 0.593. The monoisotopic (exact) mass is 446 g/mol. The number of thioether (sulfide) groups is 1. The minimum atomic E-state index is -4.79. The van der Waals surface area contributed by atoms with Gasteiger partial charge in [-0.25, -0.2) is 15.0 Å². The third-order valence-electron chi connectivity index (χ3n) is 4.58. The van der Waals surface area contributed by atoms with E-state index < -0.39 is 12.2 Å². The third-order valence-corrected chi connectivity index (χ3v) is 5.15. The van der Waals surface area contributed by atoms with Gasteiger partial charge in [-0.1, -0.05) is 23.9 Å². The topological polar surface area (TPSA) is 60.4 Å². The quantitative estimate of drug-likeness (QED) is 0.395. The van der Waals surface area contributed by atoms with E-state index in [2.05, 4.69) is 19.7 Å². The lowest BCUT2D eigenvalue weighted by Gasteiger charge is -2.30. The van der Waals surface area contributed by atoms with Crippen LogP contribution in [0.25, 0.3) is 11.6 Å². The number of nitrogens with zero attached hydrogens (tertiary/aromatic N) is 4. The fourth-order valence-corrected chi connectivity index (χ4v) is 3.50. The molecule has 3 aromatic rings. The van der Waals surface area contributed by atoms with Crippen LogP contribution in [0.3, 0.4) is 0 Å². The van der Waals surface area contributed by atoms with E-state index in [4.69, 9.17) is 4.74 Å². The summed E-state index contributed by atoms with van der Waals surface area (Å²) in [6.07, 6.45) is 2.16. The smallest absolute Gasteiger partial charge is 0.497 e. The number of ether oxygens (including phenoxy) is 2. The Morgan fingerprint density at radius 2 is 1.81 bits per heavy atom. The molecule has 2 aromatic heterocycles. The highest BCUT2D eigenvalue weighted by molar-refractivity contribution is 7.98. The maximum atomic E-state index is 12.5. The summed E-state index contributed by atoms with van der Waals surface area (Å²) in [5.74, 6) is 0.879. The van der Waals surface area contributed by atoms with Gasteiger partial charge in [-0.3, -0.25) is 0 Å². The van der Waals surface area contributed by atoms with Crippen LogP contribution in [0.15, 0.2) is 53.9 Å². The minimum absolute atomic E-state index is 0.450. The van der Waals surface area contributed by atoms with Crippen LogP contribution in [0.1, 0.15) is 11.1 Å². The molecule has 160 valence electrons. The molecule has 0 amide bonds. The molecular formula is C21H17F3N4O2S. The number of hydrogen-bond acceptors (Lipinski definition) is 7. The second-order valence-corrected chi connectivity index (χ2v) is 7.30. The summed E-state index contributed by atoms with van der Waals surface area (Å²) in [6.45, 7) is 0.450. The summed E-state index contributed by atoms with van der Waals surface area (Å²) < 4.78 is 46.5. The first-order valence-corrected chi connectivity index (χ1v) is 10.3. The zero-order valence-corrected chi connectivity index (χ0v) is 17.4. The molecule has 6 nitrogen and oxygen atoms in total. The van der Waals surface area contributed by atoms with Crippen LogP contribution in [-0.2, 0) is 0 Å². The lowest BCUT2D eigenvalue weighted by Crippen LogP contribution is -2.25. The number of alkyl halides is 3. The highest BCUT2D eigenvalue weighted by Gasteiger charge is 2.32. The van der Waals surface area contributed by atoms with E-state index >= 15 is 0 Å². The van der Waals surface area contributed by atoms with Gasteiger partial charge in [0.1, 0.15) is 11.6 Å². The molecule has 0 bridgehead atoms. The van der Waals surface area contributed by atoms with E-state index in [0.717, 1.165) is 22.4 Å². The van der Waals surface area contributed by atoms with Crippen molar-refractivity contribution in [3.8, 4) is 11.6 Å². The molecule has 0 saturated carbocycles. The van der Waals surface area contributed by atoms with Crippen molar-refractivity contribution in [3.63, 3.8) is 0 Å². The first-order valence-electron chi connectivity index (χ1n) is 9.11. The van der Waals surface area contributed by atoms with Gasteiger partial charge in [-0.2, -0.15) is 0 Å². The lowest BCUT2D eigenvalue weighted by atomic mass is 9.99. The van der Waals surface area contributed by atoms with E-state index in [1.54, 1.807) is 13.3 Å². The fraction of sp³-hybridized carbons (Fsp3) is 0.190. The number of benzene rings is 1. The Labute approximate surface area is 180 Å². The second kappa shape index (κ2) is 8.46. The third kappa shape index (κ3) is 4.74. The molecule has 0 N–H and O–H groups in total. The van der Waals surface area contributed by atoms with Crippen LogP contribution in [0, 0.1) is 0 Å². The summed E-state index contributed by atoms with van der Waals surface area (Å²) in [6, 6.07) is 10.3. The number of anilines is 2. The van der Waals surface area contributed by atoms with Crippen LogP contribution < -0.4 is 14.4 Å². The lowest BCUT2D eigenvalue weighted by molar-refractivity contribution is -0.276. The Morgan fingerprint density at radius 1 is 1.03 bits per heavy atom. The van der Waals surface area contributed by atoms with Crippen molar-refractivity contribution in [1.29, 1.82) is 0 Å². The van der Waals surface area contributed by atoms with Gasteiger partial charge < -0.3 is 14.4 Å². The van der Waals surface area contributed by atoms with Crippen molar-refractivity contribution in [3.05, 3.63) is 59.9 Å². The summed E-state index contributed by atoms with van der Waals surface area (Å²) in [5.41, 5.74) is 3.35. The number of rotatable bonds is 5.